The Labute approximate surface area is 190 Å². The van der Waals surface area contributed by atoms with Crippen LogP contribution >= 0.6 is 0 Å². The molecule has 11 heteroatoms. The Morgan fingerprint density at radius 1 is 1.12 bits per heavy atom. The lowest BCUT2D eigenvalue weighted by atomic mass is 9.95. The van der Waals surface area contributed by atoms with Crippen molar-refractivity contribution in [2.75, 3.05) is 38.8 Å². The van der Waals surface area contributed by atoms with Gasteiger partial charge in [0.15, 0.2) is 0 Å². The number of nitrogens with one attached hydrogen (secondary N) is 2. The highest BCUT2D eigenvalue weighted by Gasteiger charge is 2.34. The van der Waals surface area contributed by atoms with Crippen LogP contribution in [-0.2, 0) is 19.1 Å². The first kappa shape index (κ1) is 23.5. The van der Waals surface area contributed by atoms with Crippen molar-refractivity contribution in [3.8, 4) is 5.75 Å². The summed E-state index contributed by atoms with van der Waals surface area (Å²) >= 11 is 0. The third kappa shape index (κ3) is 5.97. The molecule has 1 aliphatic rings. The van der Waals surface area contributed by atoms with Crippen LogP contribution in [0.3, 0.4) is 0 Å². The van der Waals surface area contributed by atoms with E-state index in [1.165, 1.54) is 4.90 Å². The number of benzene rings is 1. The zero-order valence-corrected chi connectivity index (χ0v) is 18.5. The summed E-state index contributed by atoms with van der Waals surface area (Å²) in [5.41, 5.74) is 0.928. The molecule has 1 aromatic heterocycles. The zero-order valence-electron chi connectivity index (χ0n) is 18.5. The number of ether oxygens (including phenoxy) is 3. The molecule has 1 aliphatic heterocycles. The number of urea groups is 1. The topological polar surface area (TPSA) is 132 Å². The van der Waals surface area contributed by atoms with Crippen LogP contribution in [0.4, 0.5) is 10.7 Å². The number of carbonyl (C=O) groups is 3. The number of carbonyl (C=O) groups excluding carboxylic acids is 3. The van der Waals surface area contributed by atoms with E-state index in [0.29, 0.717) is 17.3 Å². The van der Waals surface area contributed by atoms with E-state index in [2.05, 4.69) is 20.6 Å². The van der Waals surface area contributed by atoms with Crippen LogP contribution in [0, 0.1) is 0 Å². The van der Waals surface area contributed by atoms with Crippen LogP contribution in [0.1, 0.15) is 18.5 Å². The van der Waals surface area contributed by atoms with Crippen LogP contribution in [0.2, 0.25) is 0 Å². The lowest BCUT2D eigenvalue weighted by molar-refractivity contribution is -0.142. The molecule has 33 heavy (non-hydrogen) atoms. The molecule has 0 saturated carbocycles. The summed E-state index contributed by atoms with van der Waals surface area (Å²) in [6.45, 7) is 1.37. The summed E-state index contributed by atoms with van der Waals surface area (Å²) in [6.07, 6.45) is 3.12. The van der Waals surface area contributed by atoms with Crippen LogP contribution in [-0.4, -0.2) is 61.9 Å². The number of aromatic nitrogens is 2. The molecular formula is C22H25N5O6. The molecule has 1 atom stereocenters. The molecule has 0 aliphatic carbocycles. The van der Waals surface area contributed by atoms with E-state index in [1.54, 1.807) is 63.8 Å². The minimum Gasteiger partial charge on any atom is -0.497 e. The average Bonchev–Trinajstić information content (AvgIpc) is 2.83. The molecule has 0 spiro atoms. The van der Waals surface area contributed by atoms with Crippen molar-refractivity contribution in [2.24, 2.45) is 0 Å². The maximum atomic E-state index is 12.8. The molecule has 1 unspecified atom stereocenters. The molecule has 1 aromatic carbocycles. The van der Waals surface area contributed by atoms with Gasteiger partial charge in [-0.25, -0.2) is 19.6 Å². The molecule has 2 N–H and O–H groups in total. The Hall–Kier alpha value is -4.15. The molecule has 174 valence electrons. The second kappa shape index (κ2) is 10.9. The van der Waals surface area contributed by atoms with Crippen molar-refractivity contribution in [3.05, 3.63) is 59.6 Å². The first-order valence-electron chi connectivity index (χ1n) is 10.2. The van der Waals surface area contributed by atoms with Crippen molar-refractivity contribution >= 4 is 23.9 Å². The van der Waals surface area contributed by atoms with Crippen molar-refractivity contribution in [1.29, 1.82) is 0 Å². The molecule has 0 radical (unpaired) electrons. The second-order valence-corrected chi connectivity index (χ2v) is 6.98. The molecule has 3 rings (SSSR count). The van der Waals surface area contributed by atoms with Gasteiger partial charge in [-0.15, -0.1) is 0 Å². The van der Waals surface area contributed by atoms with Gasteiger partial charge in [0.05, 0.1) is 31.0 Å². The van der Waals surface area contributed by atoms with Crippen LogP contribution in [0.5, 0.6) is 5.75 Å². The number of amides is 2. The summed E-state index contributed by atoms with van der Waals surface area (Å²) in [5, 5.41) is 5.27. The number of anilines is 1. The summed E-state index contributed by atoms with van der Waals surface area (Å²) in [7, 11) is 3.19. The molecule has 2 heterocycles. The van der Waals surface area contributed by atoms with Crippen molar-refractivity contribution in [1.82, 2.24) is 20.6 Å². The minimum absolute atomic E-state index is 0.125. The van der Waals surface area contributed by atoms with Gasteiger partial charge in [0, 0.05) is 19.4 Å². The molecule has 0 bridgehead atoms. The van der Waals surface area contributed by atoms with E-state index in [4.69, 9.17) is 14.2 Å². The highest BCUT2D eigenvalue weighted by molar-refractivity contribution is 5.95. The summed E-state index contributed by atoms with van der Waals surface area (Å²) in [5.74, 6) is -0.238. The number of esters is 2. The van der Waals surface area contributed by atoms with Crippen molar-refractivity contribution in [3.63, 3.8) is 0 Å². The second-order valence-electron chi connectivity index (χ2n) is 6.98. The molecular weight excluding hydrogens is 430 g/mol. The maximum Gasteiger partial charge on any atom is 0.338 e. The van der Waals surface area contributed by atoms with E-state index in [0.717, 1.165) is 0 Å². The smallest absolute Gasteiger partial charge is 0.338 e. The standard InChI is InChI=1S/C22H25N5O6/c1-4-32-20(29)18-16(13-33-17(28)12-27(2)21-23-10-5-11-24-21)25-22(30)26-19(18)14-6-8-15(31-3)9-7-14/h5-11,19H,4,12-13H2,1-3H3,(H2,25,26,30). The van der Waals surface area contributed by atoms with Crippen molar-refractivity contribution < 1.29 is 28.6 Å². The highest BCUT2D eigenvalue weighted by Crippen LogP contribution is 2.29. The monoisotopic (exact) mass is 455 g/mol. The van der Waals surface area contributed by atoms with Gasteiger partial charge in [-0.3, -0.25) is 4.79 Å². The number of methoxy groups -OCH3 is 1. The van der Waals surface area contributed by atoms with Gasteiger partial charge in [-0.2, -0.15) is 0 Å². The highest BCUT2D eigenvalue weighted by atomic mass is 16.5. The van der Waals surface area contributed by atoms with Crippen LogP contribution in [0.15, 0.2) is 54.0 Å². The third-order valence-corrected chi connectivity index (χ3v) is 4.74. The predicted octanol–water partition coefficient (Wildman–Crippen LogP) is 1.34. The average molecular weight is 455 g/mol. The van der Waals surface area contributed by atoms with Gasteiger partial charge in [-0.05, 0) is 30.7 Å². The summed E-state index contributed by atoms with van der Waals surface area (Å²) < 4.78 is 15.7. The zero-order chi connectivity index (χ0) is 23.8. The Morgan fingerprint density at radius 2 is 1.82 bits per heavy atom. The van der Waals surface area contributed by atoms with Crippen LogP contribution in [0.25, 0.3) is 0 Å². The van der Waals surface area contributed by atoms with Gasteiger partial charge >= 0.3 is 18.0 Å². The molecule has 2 aromatic rings. The van der Waals surface area contributed by atoms with E-state index < -0.39 is 24.0 Å². The maximum absolute atomic E-state index is 12.8. The molecule has 0 saturated heterocycles. The largest absolute Gasteiger partial charge is 0.497 e. The molecule has 11 nitrogen and oxygen atoms in total. The fourth-order valence-corrected chi connectivity index (χ4v) is 3.18. The number of nitrogens with zero attached hydrogens (tertiary/aromatic N) is 3. The van der Waals surface area contributed by atoms with E-state index >= 15 is 0 Å². The van der Waals surface area contributed by atoms with Crippen molar-refractivity contribution in [2.45, 2.75) is 13.0 Å². The van der Waals surface area contributed by atoms with E-state index in [-0.39, 0.29) is 31.0 Å². The summed E-state index contributed by atoms with van der Waals surface area (Å²) in [6, 6.07) is 7.22. The van der Waals surface area contributed by atoms with E-state index in [1.807, 2.05) is 0 Å². The number of likely N-dealkylation sites (N-methyl/N-ethyl adjacent to an activating group) is 1. The quantitative estimate of drug-likeness (QED) is 0.538. The summed E-state index contributed by atoms with van der Waals surface area (Å²) in [4.78, 5) is 47.1. The van der Waals surface area contributed by atoms with Crippen LogP contribution < -0.4 is 20.3 Å². The fourth-order valence-electron chi connectivity index (χ4n) is 3.18. The Morgan fingerprint density at radius 3 is 2.45 bits per heavy atom. The first-order valence-corrected chi connectivity index (χ1v) is 10.2. The lowest BCUT2D eigenvalue weighted by Crippen LogP contribution is -2.47. The lowest BCUT2D eigenvalue weighted by Gasteiger charge is -2.29. The number of rotatable bonds is 9. The SMILES string of the molecule is CCOC(=O)C1=C(COC(=O)CN(C)c2ncccn2)NC(=O)NC1c1ccc(OC)cc1. The number of hydrogen-bond acceptors (Lipinski definition) is 9. The Balaban J connectivity index is 1.80. The number of hydrogen-bond donors (Lipinski definition) is 2. The first-order chi connectivity index (χ1) is 15.9. The van der Waals surface area contributed by atoms with Gasteiger partial charge in [0.1, 0.15) is 18.9 Å². The van der Waals surface area contributed by atoms with Gasteiger partial charge < -0.3 is 29.7 Å². The molecule has 0 fully saturated rings. The molecule has 2 amide bonds. The van der Waals surface area contributed by atoms with Gasteiger partial charge in [-0.1, -0.05) is 12.1 Å². The fraction of sp³-hybridized carbons (Fsp3) is 0.318. The van der Waals surface area contributed by atoms with E-state index in [9.17, 15) is 14.4 Å². The normalized spacial score (nSPS) is 15.2. The third-order valence-electron chi connectivity index (χ3n) is 4.74. The Kier molecular flexibility index (Phi) is 7.79. The van der Waals surface area contributed by atoms with Gasteiger partial charge in [0.25, 0.3) is 0 Å². The Bertz CT molecular complexity index is 1030. The van der Waals surface area contributed by atoms with Gasteiger partial charge in [0.2, 0.25) is 5.95 Å². The predicted molar refractivity (Wildman–Crippen MR) is 117 cm³/mol. The minimum atomic E-state index is -0.794.